The summed E-state index contributed by atoms with van der Waals surface area (Å²) in [5.74, 6) is 0.0215. The maximum atomic E-state index is 12.4. The van der Waals surface area contributed by atoms with Crippen molar-refractivity contribution in [1.82, 2.24) is 15.2 Å². The fourth-order valence-corrected chi connectivity index (χ4v) is 2.05. The Labute approximate surface area is 115 Å². The van der Waals surface area contributed by atoms with Crippen molar-refractivity contribution in [2.24, 2.45) is 0 Å². The van der Waals surface area contributed by atoms with Crippen LogP contribution in [0.25, 0.3) is 0 Å². The molecule has 1 aromatic rings. The number of amides is 1. The Morgan fingerprint density at radius 1 is 1.30 bits per heavy atom. The van der Waals surface area contributed by atoms with Gasteiger partial charge in [-0.05, 0) is 18.6 Å². The highest BCUT2D eigenvalue weighted by molar-refractivity contribution is 5.76. The third-order valence-corrected chi connectivity index (χ3v) is 3.22. The molecule has 20 heavy (non-hydrogen) atoms. The number of rotatable bonds is 3. The maximum absolute atomic E-state index is 12.4. The summed E-state index contributed by atoms with van der Waals surface area (Å²) >= 11 is 0. The molecular formula is C13H16F3N3O. The van der Waals surface area contributed by atoms with Crippen LogP contribution in [0.15, 0.2) is 18.3 Å². The minimum atomic E-state index is -4.37. The van der Waals surface area contributed by atoms with Gasteiger partial charge in [0.1, 0.15) is 0 Å². The van der Waals surface area contributed by atoms with Crippen LogP contribution in [-0.2, 0) is 17.4 Å². The number of carbonyl (C=O) groups excluding carboxylic acids is 1. The Morgan fingerprint density at radius 3 is 2.55 bits per heavy atom. The molecule has 1 aliphatic rings. The molecule has 0 bridgehead atoms. The number of carbonyl (C=O) groups is 1. The summed E-state index contributed by atoms with van der Waals surface area (Å²) < 4.78 is 37.1. The normalized spacial score (nSPS) is 16.2. The van der Waals surface area contributed by atoms with Crippen molar-refractivity contribution in [2.75, 3.05) is 26.2 Å². The van der Waals surface area contributed by atoms with Crippen LogP contribution in [0.1, 0.15) is 17.7 Å². The van der Waals surface area contributed by atoms with Crippen molar-refractivity contribution in [2.45, 2.75) is 19.0 Å². The molecule has 1 amide bonds. The SMILES string of the molecule is O=C(CCc1ccc(C(F)(F)F)cn1)N1CCNCC1. The summed E-state index contributed by atoms with van der Waals surface area (Å²) in [4.78, 5) is 17.4. The molecule has 1 aromatic heterocycles. The van der Waals surface area contributed by atoms with E-state index in [9.17, 15) is 18.0 Å². The number of hydrogen-bond donors (Lipinski definition) is 1. The van der Waals surface area contributed by atoms with Crippen molar-refractivity contribution in [3.05, 3.63) is 29.6 Å². The van der Waals surface area contributed by atoms with Gasteiger partial charge in [-0.25, -0.2) is 0 Å². The van der Waals surface area contributed by atoms with E-state index in [-0.39, 0.29) is 12.3 Å². The van der Waals surface area contributed by atoms with Crippen LogP contribution in [0.2, 0.25) is 0 Å². The Hall–Kier alpha value is -1.63. The molecule has 0 radical (unpaired) electrons. The van der Waals surface area contributed by atoms with Gasteiger partial charge in [0.25, 0.3) is 0 Å². The summed E-state index contributed by atoms with van der Waals surface area (Å²) in [6.45, 7) is 2.92. The minimum absolute atomic E-state index is 0.0215. The predicted octanol–water partition coefficient (Wildman–Crippen LogP) is 1.46. The Balaban J connectivity index is 1.86. The van der Waals surface area contributed by atoms with Crippen molar-refractivity contribution in [3.63, 3.8) is 0 Å². The van der Waals surface area contributed by atoms with Crippen LogP contribution in [0, 0.1) is 0 Å². The van der Waals surface area contributed by atoms with Crippen molar-refractivity contribution in [1.29, 1.82) is 0 Å². The number of aryl methyl sites for hydroxylation is 1. The van der Waals surface area contributed by atoms with Gasteiger partial charge in [0.15, 0.2) is 0 Å². The number of piperazine rings is 1. The van der Waals surface area contributed by atoms with E-state index in [0.29, 0.717) is 25.2 Å². The fourth-order valence-electron chi connectivity index (χ4n) is 2.05. The van der Waals surface area contributed by atoms with E-state index in [1.54, 1.807) is 4.90 Å². The molecule has 0 unspecified atom stereocenters. The van der Waals surface area contributed by atoms with Gasteiger partial charge in [-0.15, -0.1) is 0 Å². The molecule has 4 nitrogen and oxygen atoms in total. The zero-order valence-corrected chi connectivity index (χ0v) is 10.9. The van der Waals surface area contributed by atoms with Crippen LogP contribution in [0.5, 0.6) is 0 Å². The molecule has 1 saturated heterocycles. The zero-order chi connectivity index (χ0) is 14.6. The summed E-state index contributed by atoms with van der Waals surface area (Å²) in [5, 5.41) is 3.15. The lowest BCUT2D eigenvalue weighted by molar-refractivity contribution is -0.138. The maximum Gasteiger partial charge on any atom is 0.417 e. The number of pyridine rings is 1. The molecule has 7 heteroatoms. The monoisotopic (exact) mass is 287 g/mol. The Bertz CT molecular complexity index is 453. The number of alkyl halides is 3. The molecule has 1 fully saturated rings. The summed E-state index contributed by atoms with van der Waals surface area (Å²) in [5.41, 5.74) is -0.267. The lowest BCUT2D eigenvalue weighted by atomic mass is 10.1. The first kappa shape index (κ1) is 14.8. The van der Waals surface area contributed by atoms with Crippen LogP contribution >= 0.6 is 0 Å². The Morgan fingerprint density at radius 2 is 2.00 bits per heavy atom. The molecule has 1 aliphatic heterocycles. The van der Waals surface area contributed by atoms with Crippen molar-refractivity contribution in [3.8, 4) is 0 Å². The highest BCUT2D eigenvalue weighted by Crippen LogP contribution is 2.28. The van der Waals surface area contributed by atoms with Crippen molar-refractivity contribution < 1.29 is 18.0 Å². The highest BCUT2D eigenvalue weighted by Gasteiger charge is 2.30. The van der Waals surface area contributed by atoms with Gasteiger partial charge in [-0.1, -0.05) is 0 Å². The largest absolute Gasteiger partial charge is 0.417 e. The second kappa shape index (κ2) is 6.21. The average molecular weight is 287 g/mol. The summed E-state index contributed by atoms with van der Waals surface area (Å²) in [7, 11) is 0. The predicted molar refractivity (Wildman–Crippen MR) is 67.0 cm³/mol. The molecule has 0 spiro atoms. The van der Waals surface area contributed by atoms with E-state index in [2.05, 4.69) is 10.3 Å². The third-order valence-electron chi connectivity index (χ3n) is 3.22. The Kier molecular flexibility index (Phi) is 4.59. The molecule has 2 heterocycles. The molecule has 0 aliphatic carbocycles. The molecule has 0 atom stereocenters. The van der Waals surface area contributed by atoms with Gasteiger partial charge >= 0.3 is 6.18 Å². The first-order valence-corrected chi connectivity index (χ1v) is 6.47. The standard InChI is InChI=1S/C13H16F3N3O/c14-13(15,16)10-1-2-11(18-9-10)3-4-12(20)19-7-5-17-6-8-19/h1-2,9,17H,3-8H2. The summed E-state index contributed by atoms with van der Waals surface area (Å²) in [6, 6.07) is 2.32. The fraction of sp³-hybridized carbons (Fsp3) is 0.538. The van der Waals surface area contributed by atoms with Gasteiger partial charge in [-0.2, -0.15) is 13.2 Å². The van der Waals surface area contributed by atoms with E-state index in [0.717, 1.165) is 25.4 Å². The van der Waals surface area contributed by atoms with Gasteiger partial charge in [0, 0.05) is 44.5 Å². The quantitative estimate of drug-likeness (QED) is 0.915. The summed E-state index contributed by atoms with van der Waals surface area (Å²) in [6.07, 6.45) is -2.92. The number of halogens is 3. The van der Waals surface area contributed by atoms with E-state index < -0.39 is 11.7 Å². The van der Waals surface area contributed by atoms with E-state index in [1.807, 2.05) is 0 Å². The lowest BCUT2D eigenvalue weighted by Crippen LogP contribution is -2.46. The topological polar surface area (TPSA) is 45.2 Å². The lowest BCUT2D eigenvalue weighted by Gasteiger charge is -2.27. The number of aromatic nitrogens is 1. The molecule has 0 aromatic carbocycles. The van der Waals surface area contributed by atoms with Gasteiger partial charge in [0.05, 0.1) is 5.56 Å². The zero-order valence-electron chi connectivity index (χ0n) is 10.9. The third kappa shape index (κ3) is 3.93. The minimum Gasteiger partial charge on any atom is -0.340 e. The molecule has 2 rings (SSSR count). The van der Waals surface area contributed by atoms with Crippen LogP contribution < -0.4 is 5.32 Å². The number of hydrogen-bond acceptors (Lipinski definition) is 3. The van der Waals surface area contributed by atoms with E-state index in [4.69, 9.17) is 0 Å². The molecule has 1 N–H and O–H groups in total. The van der Waals surface area contributed by atoms with Crippen LogP contribution in [0.4, 0.5) is 13.2 Å². The second-order valence-corrected chi connectivity index (χ2v) is 4.67. The van der Waals surface area contributed by atoms with Gasteiger partial charge in [-0.3, -0.25) is 9.78 Å². The van der Waals surface area contributed by atoms with E-state index >= 15 is 0 Å². The van der Waals surface area contributed by atoms with E-state index in [1.165, 1.54) is 6.07 Å². The smallest absolute Gasteiger partial charge is 0.340 e. The first-order valence-electron chi connectivity index (χ1n) is 6.47. The molecule has 110 valence electrons. The molecular weight excluding hydrogens is 271 g/mol. The average Bonchev–Trinajstić information content (AvgIpc) is 2.45. The molecule has 0 saturated carbocycles. The van der Waals surface area contributed by atoms with Crippen LogP contribution in [0.3, 0.4) is 0 Å². The van der Waals surface area contributed by atoms with Gasteiger partial charge < -0.3 is 10.2 Å². The van der Waals surface area contributed by atoms with Crippen LogP contribution in [-0.4, -0.2) is 42.0 Å². The number of nitrogens with zero attached hydrogens (tertiary/aromatic N) is 2. The second-order valence-electron chi connectivity index (χ2n) is 4.67. The van der Waals surface area contributed by atoms with Gasteiger partial charge in [0.2, 0.25) is 5.91 Å². The first-order chi connectivity index (χ1) is 9.47. The highest BCUT2D eigenvalue weighted by atomic mass is 19.4. The number of nitrogens with one attached hydrogen (secondary N) is 1. The van der Waals surface area contributed by atoms with Crippen molar-refractivity contribution >= 4 is 5.91 Å².